The van der Waals surface area contributed by atoms with Crippen molar-refractivity contribution in [2.75, 3.05) is 14.2 Å². The van der Waals surface area contributed by atoms with Gasteiger partial charge in [0.1, 0.15) is 17.1 Å². The molecule has 18 heavy (non-hydrogen) atoms. The summed E-state index contributed by atoms with van der Waals surface area (Å²) in [6.07, 6.45) is -0.248. The highest BCUT2D eigenvalue weighted by Crippen LogP contribution is 2.33. The second kappa shape index (κ2) is 5.39. The third kappa shape index (κ3) is 2.53. The molecule has 0 bridgehead atoms. The second-order valence-electron chi connectivity index (χ2n) is 3.65. The van der Waals surface area contributed by atoms with Crippen LogP contribution in [0.5, 0.6) is 11.5 Å². The molecule has 0 unspecified atom stereocenters. The molecule has 6 nitrogen and oxygen atoms in total. The fourth-order valence-electron chi connectivity index (χ4n) is 1.50. The van der Waals surface area contributed by atoms with Gasteiger partial charge < -0.3 is 19.7 Å². The lowest BCUT2D eigenvalue weighted by Gasteiger charge is -2.12. The number of aromatic hydroxyl groups is 2. The number of hydrogen-bond acceptors (Lipinski definition) is 6. The molecule has 2 N–H and O–H groups in total. The van der Waals surface area contributed by atoms with Gasteiger partial charge in [0.05, 0.1) is 20.6 Å². The van der Waals surface area contributed by atoms with Crippen LogP contribution in [0.3, 0.4) is 0 Å². The predicted molar refractivity (Wildman–Crippen MR) is 61.6 cm³/mol. The molecular formula is C12H14O6. The Balaban J connectivity index is 3.39. The van der Waals surface area contributed by atoms with Crippen molar-refractivity contribution in [3.63, 3.8) is 0 Å². The molecule has 1 aromatic rings. The van der Waals surface area contributed by atoms with Crippen molar-refractivity contribution in [3.8, 4) is 11.5 Å². The van der Waals surface area contributed by atoms with Gasteiger partial charge in [0, 0.05) is 5.56 Å². The number of ether oxygens (including phenoxy) is 2. The molecule has 98 valence electrons. The SMILES string of the molecule is COC(=O)Cc1cc(O)c(C)c(O)c1C(=O)OC. The summed E-state index contributed by atoms with van der Waals surface area (Å²) in [6, 6.07) is 1.23. The van der Waals surface area contributed by atoms with E-state index in [4.69, 9.17) is 0 Å². The molecule has 6 heteroatoms. The summed E-state index contributed by atoms with van der Waals surface area (Å²) in [4.78, 5) is 22.8. The number of carbonyl (C=O) groups excluding carboxylic acids is 2. The van der Waals surface area contributed by atoms with E-state index in [1.807, 2.05) is 0 Å². The van der Waals surface area contributed by atoms with E-state index in [0.29, 0.717) is 0 Å². The number of carbonyl (C=O) groups is 2. The first-order chi connectivity index (χ1) is 8.42. The Morgan fingerprint density at radius 2 is 1.83 bits per heavy atom. The normalized spacial score (nSPS) is 9.94. The molecule has 0 amide bonds. The second-order valence-corrected chi connectivity index (χ2v) is 3.65. The minimum Gasteiger partial charge on any atom is -0.508 e. The van der Waals surface area contributed by atoms with Crippen molar-refractivity contribution in [1.82, 2.24) is 0 Å². The first-order valence-electron chi connectivity index (χ1n) is 5.11. The Hall–Kier alpha value is -2.24. The van der Waals surface area contributed by atoms with Crippen LogP contribution in [0.4, 0.5) is 0 Å². The van der Waals surface area contributed by atoms with E-state index in [1.165, 1.54) is 20.1 Å². The lowest BCUT2D eigenvalue weighted by Crippen LogP contribution is -2.12. The monoisotopic (exact) mass is 254 g/mol. The van der Waals surface area contributed by atoms with Crippen LogP contribution in [0.2, 0.25) is 0 Å². The van der Waals surface area contributed by atoms with E-state index < -0.39 is 17.7 Å². The van der Waals surface area contributed by atoms with Crippen LogP contribution < -0.4 is 0 Å². The average Bonchev–Trinajstić information content (AvgIpc) is 2.35. The van der Waals surface area contributed by atoms with Gasteiger partial charge in [-0.15, -0.1) is 0 Å². The molecule has 0 saturated heterocycles. The third-order valence-electron chi connectivity index (χ3n) is 2.56. The average molecular weight is 254 g/mol. The fourth-order valence-corrected chi connectivity index (χ4v) is 1.50. The van der Waals surface area contributed by atoms with Gasteiger partial charge in [0.15, 0.2) is 0 Å². The molecule has 0 heterocycles. The van der Waals surface area contributed by atoms with Gasteiger partial charge >= 0.3 is 11.9 Å². The van der Waals surface area contributed by atoms with E-state index in [1.54, 1.807) is 0 Å². The number of benzene rings is 1. The summed E-state index contributed by atoms with van der Waals surface area (Å²) in [5, 5.41) is 19.4. The summed E-state index contributed by atoms with van der Waals surface area (Å²) in [5.41, 5.74) is 0.150. The van der Waals surface area contributed by atoms with Crippen LogP contribution in [0, 0.1) is 6.92 Å². The van der Waals surface area contributed by atoms with E-state index in [0.717, 1.165) is 7.11 Å². The Labute approximate surface area is 104 Å². The van der Waals surface area contributed by atoms with E-state index in [-0.39, 0.29) is 28.9 Å². The van der Waals surface area contributed by atoms with Gasteiger partial charge in [0.25, 0.3) is 0 Å². The molecule has 0 saturated carbocycles. The van der Waals surface area contributed by atoms with E-state index >= 15 is 0 Å². The Morgan fingerprint density at radius 1 is 1.22 bits per heavy atom. The van der Waals surface area contributed by atoms with Crippen LogP contribution >= 0.6 is 0 Å². The first-order valence-corrected chi connectivity index (χ1v) is 5.11. The van der Waals surface area contributed by atoms with Gasteiger partial charge in [-0.2, -0.15) is 0 Å². The minimum atomic E-state index is -0.783. The molecule has 0 fully saturated rings. The molecule has 1 aromatic carbocycles. The molecule has 0 radical (unpaired) electrons. The van der Waals surface area contributed by atoms with E-state index in [9.17, 15) is 19.8 Å². The molecule has 0 aliphatic rings. The molecule has 0 aliphatic heterocycles. The summed E-state index contributed by atoms with van der Waals surface area (Å²) in [5.74, 6) is -1.99. The van der Waals surface area contributed by atoms with Gasteiger partial charge in [-0.05, 0) is 18.6 Å². The zero-order valence-electron chi connectivity index (χ0n) is 10.3. The molecule has 0 aromatic heterocycles. The van der Waals surface area contributed by atoms with Gasteiger partial charge in [-0.25, -0.2) is 4.79 Å². The maximum absolute atomic E-state index is 11.6. The minimum absolute atomic E-state index is 0.141. The van der Waals surface area contributed by atoms with Crippen LogP contribution in [0.25, 0.3) is 0 Å². The topological polar surface area (TPSA) is 93.1 Å². The van der Waals surface area contributed by atoms with E-state index in [2.05, 4.69) is 9.47 Å². The van der Waals surface area contributed by atoms with Crippen LogP contribution in [-0.4, -0.2) is 36.4 Å². The Kier molecular flexibility index (Phi) is 4.14. The fraction of sp³-hybridized carbons (Fsp3) is 0.333. The zero-order valence-corrected chi connectivity index (χ0v) is 10.3. The number of methoxy groups -OCH3 is 2. The van der Waals surface area contributed by atoms with Crippen molar-refractivity contribution in [1.29, 1.82) is 0 Å². The number of rotatable bonds is 3. The highest BCUT2D eigenvalue weighted by molar-refractivity contribution is 5.96. The third-order valence-corrected chi connectivity index (χ3v) is 2.56. The predicted octanol–water partition coefficient (Wildman–Crippen LogP) is 0.908. The maximum atomic E-state index is 11.6. The van der Waals surface area contributed by atoms with Crippen molar-refractivity contribution in [3.05, 3.63) is 22.8 Å². The molecular weight excluding hydrogens is 240 g/mol. The van der Waals surface area contributed by atoms with Crippen LogP contribution in [0.1, 0.15) is 21.5 Å². The largest absolute Gasteiger partial charge is 0.508 e. The highest BCUT2D eigenvalue weighted by atomic mass is 16.5. The summed E-state index contributed by atoms with van der Waals surface area (Å²) >= 11 is 0. The molecule has 1 rings (SSSR count). The molecule has 0 atom stereocenters. The molecule has 0 spiro atoms. The zero-order chi connectivity index (χ0) is 13.9. The lowest BCUT2D eigenvalue weighted by molar-refractivity contribution is -0.139. The van der Waals surface area contributed by atoms with Crippen LogP contribution in [-0.2, 0) is 20.7 Å². The Bertz CT molecular complexity index is 492. The standard InChI is InChI=1S/C12H14O6/c1-6-8(13)4-7(5-9(14)17-2)10(11(6)15)12(16)18-3/h4,13,15H,5H2,1-3H3. The quantitative estimate of drug-likeness (QED) is 0.779. The smallest absolute Gasteiger partial charge is 0.341 e. The van der Waals surface area contributed by atoms with Gasteiger partial charge in [-0.1, -0.05) is 0 Å². The lowest BCUT2D eigenvalue weighted by atomic mass is 9.99. The van der Waals surface area contributed by atoms with Crippen molar-refractivity contribution in [2.45, 2.75) is 13.3 Å². The highest BCUT2D eigenvalue weighted by Gasteiger charge is 2.23. The number of phenols is 2. The van der Waals surface area contributed by atoms with Crippen molar-refractivity contribution < 1.29 is 29.3 Å². The van der Waals surface area contributed by atoms with Gasteiger partial charge in [0.2, 0.25) is 0 Å². The summed E-state index contributed by atoms with van der Waals surface area (Å²) in [6.45, 7) is 1.44. The number of hydrogen-bond donors (Lipinski definition) is 2. The van der Waals surface area contributed by atoms with Crippen LogP contribution in [0.15, 0.2) is 6.07 Å². The van der Waals surface area contributed by atoms with Gasteiger partial charge in [-0.3, -0.25) is 4.79 Å². The molecule has 0 aliphatic carbocycles. The summed E-state index contributed by atoms with van der Waals surface area (Å²) < 4.78 is 9.01. The van der Waals surface area contributed by atoms with Crippen molar-refractivity contribution >= 4 is 11.9 Å². The summed E-state index contributed by atoms with van der Waals surface area (Å²) in [7, 11) is 2.36. The Morgan fingerprint density at radius 3 is 2.33 bits per heavy atom. The first kappa shape index (κ1) is 13.8. The number of esters is 2. The maximum Gasteiger partial charge on any atom is 0.341 e. The van der Waals surface area contributed by atoms with Crippen molar-refractivity contribution in [2.24, 2.45) is 0 Å². The number of phenolic OH excluding ortho intramolecular Hbond substituents is 2.